The highest BCUT2D eigenvalue weighted by Crippen LogP contribution is 2.27. The van der Waals surface area contributed by atoms with Gasteiger partial charge in [-0.3, -0.25) is 9.59 Å². The zero-order chi connectivity index (χ0) is 25.0. The van der Waals surface area contributed by atoms with E-state index >= 15 is 0 Å². The Bertz CT molecular complexity index is 1030. The number of ether oxygens (including phenoxy) is 1. The molecule has 4 rings (SSSR count). The van der Waals surface area contributed by atoms with Gasteiger partial charge in [0.05, 0.1) is 0 Å². The van der Waals surface area contributed by atoms with E-state index in [4.69, 9.17) is 4.74 Å². The van der Waals surface area contributed by atoms with Gasteiger partial charge in [0.15, 0.2) is 0 Å². The van der Waals surface area contributed by atoms with Gasteiger partial charge in [0.2, 0.25) is 5.91 Å². The SMILES string of the molecule is CC(C)(C)OC(=O)N1CCC(n2cccc2C(=O)N2CCC(C(=O)Nc3ccccn3)CC2)CC1. The first-order chi connectivity index (χ1) is 16.7. The molecule has 9 nitrogen and oxygen atoms in total. The number of carbonyl (C=O) groups is 3. The average molecular weight is 482 g/mol. The van der Waals surface area contributed by atoms with Gasteiger partial charge in [-0.05, 0) is 70.7 Å². The summed E-state index contributed by atoms with van der Waals surface area (Å²) in [6.07, 6.45) is 6.10. The van der Waals surface area contributed by atoms with Crippen LogP contribution in [0.25, 0.3) is 0 Å². The standard InChI is InChI=1S/C26H35N5O4/c1-26(2,3)35-25(34)30-17-11-20(12-18-30)31-14-6-7-21(31)24(33)29-15-9-19(10-16-29)23(32)28-22-8-4-5-13-27-22/h4-8,13-14,19-20H,9-12,15-18H2,1-3H3,(H,27,28,32). The van der Waals surface area contributed by atoms with Crippen LogP contribution in [0.2, 0.25) is 0 Å². The van der Waals surface area contributed by atoms with Crippen LogP contribution in [0.3, 0.4) is 0 Å². The zero-order valence-electron chi connectivity index (χ0n) is 20.8. The highest BCUT2D eigenvalue weighted by atomic mass is 16.6. The number of piperidine rings is 2. The largest absolute Gasteiger partial charge is 0.444 e. The van der Waals surface area contributed by atoms with E-state index in [9.17, 15) is 14.4 Å². The fraction of sp³-hybridized carbons (Fsp3) is 0.538. The molecule has 35 heavy (non-hydrogen) atoms. The van der Waals surface area contributed by atoms with Gasteiger partial charge < -0.3 is 24.4 Å². The summed E-state index contributed by atoms with van der Waals surface area (Å²) in [6.45, 7) is 7.88. The van der Waals surface area contributed by atoms with Crippen LogP contribution in [0, 0.1) is 5.92 Å². The molecule has 188 valence electrons. The predicted octanol–water partition coefficient (Wildman–Crippen LogP) is 3.95. The number of hydrogen-bond donors (Lipinski definition) is 1. The Morgan fingerprint density at radius 3 is 2.26 bits per heavy atom. The molecule has 0 atom stereocenters. The van der Waals surface area contributed by atoms with Crippen LogP contribution in [-0.4, -0.2) is 69.0 Å². The minimum absolute atomic E-state index is 0.00634. The first-order valence-corrected chi connectivity index (χ1v) is 12.4. The molecule has 0 bridgehead atoms. The third-order valence-electron chi connectivity index (χ3n) is 6.58. The van der Waals surface area contributed by atoms with Crippen molar-refractivity contribution in [1.29, 1.82) is 0 Å². The van der Waals surface area contributed by atoms with E-state index in [-0.39, 0.29) is 29.9 Å². The highest BCUT2D eigenvalue weighted by molar-refractivity contribution is 5.94. The minimum atomic E-state index is -0.513. The van der Waals surface area contributed by atoms with Crippen molar-refractivity contribution in [2.45, 2.75) is 58.1 Å². The first-order valence-electron chi connectivity index (χ1n) is 12.4. The number of likely N-dealkylation sites (tertiary alicyclic amines) is 2. The predicted molar refractivity (Wildman–Crippen MR) is 132 cm³/mol. The molecule has 0 aliphatic carbocycles. The molecule has 2 aromatic rings. The maximum atomic E-state index is 13.3. The van der Waals surface area contributed by atoms with E-state index in [2.05, 4.69) is 14.9 Å². The summed E-state index contributed by atoms with van der Waals surface area (Å²) in [5.41, 5.74) is 0.151. The van der Waals surface area contributed by atoms with Gasteiger partial charge in [-0.1, -0.05) is 6.07 Å². The van der Waals surface area contributed by atoms with Crippen LogP contribution in [-0.2, 0) is 9.53 Å². The van der Waals surface area contributed by atoms with Crippen LogP contribution < -0.4 is 5.32 Å². The lowest BCUT2D eigenvalue weighted by Crippen LogP contribution is -2.43. The fourth-order valence-corrected chi connectivity index (χ4v) is 4.72. The normalized spacial score (nSPS) is 17.8. The fourth-order valence-electron chi connectivity index (χ4n) is 4.72. The Labute approximate surface area is 206 Å². The topological polar surface area (TPSA) is 96.8 Å². The number of pyridine rings is 1. The lowest BCUT2D eigenvalue weighted by Gasteiger charge is -2.35. The second-order valence-electron chi connectivity index (χ2n) is 10.3. The first kappa shape index (κ1) is 24.8. The van der Waals surface area contributed by atoms with Gasteiger partial charge >= 0.3 is 6.09 Å². The lowest BCUT2D eigenvalue weighted by atomic mass is 9.95. The zero-order valence-corrected chi connectivity index (χ0v) is 20.8. The minimum Gasteiger partial charge on any atom is -0.444 e. The van der Waals surface area contributed by atoms with E-state index in [1.807, 2.05) is 50.1 Å². The highest BCUT2D eigenvalue weighted by Gasteiger charge is 2.32. The molecule has 0 spiro atoms. The molecule has 0 saturated carbocycles. The van der Waals surface area contributed by atoms with E-state index in [0.717, 1.165) is 12.8 Å². The van der Waals surface area contributed by atoms with Crippen molar-refractivity contribution in [3.05, 3.63) is 48.4 Å². The van der Waals surface area contributed by atoms with Crippen molar-refractivity contribution in [3.63, 3.8) is 0 Å². The van der Waals surface area contributed by atoms with E-state index in [0.29, 0.717) is 50.5 Å². The average Bonchev–Trinajstić information content (AvgIpc) is 3.33. The van der Waals surface area contributed by atoms with E-state index in [1.165, 1.54) is 0 Å². The molecule has 0 radical (unpaired) electrons. The summed E-state index contributed by atoms with van der Waals surface area (Å²) in [4.78, 5) is 46.0. The van der Waals surface area contributed by atoms with Crippen LogP contribution in [0.1, 0.15) is 63.0 Å². The summed E-state index contributed by atoms with van der Waals surface area (Å²) in [6, 6.07) is 9.33. The van der Waals surface area contributed by atoms with Crippen LogP contribution >= 0.6 is 0 Å². The number of aromatic nitrogens is 2. The van der Waals surface area contributed by atoms with Gasteiger partial charge in [0.25, 0.3) is 5.91 Å². The molecular formula is C26H35N5O4. The number of nitrogens with one attached hydrogen (secondary N) is 1. The second kappa shape index (κ2) is 10.5. The molecule has 2 aliphatic heterocycles. The Morgan fingerprint density at radius 2 is 1.63 bits per heavy atom. The number of anilines is 1. The molecule has 1 N–H and O–H groups in total. The molecule has 0 aromatic carbocycles. The number of carbonyl (C=O) groups excluding carboxylic acids is 3. The Morgan fingerprint density at radius 1 is 0.943 bits per heavy atom. The quantitative estimate of drug-likeness (QED) is 0.713. The number of nitrogens with zero attached hydrogens (tertiary/aromatic N) is 4. The van der Waals surface area contributed by atoms with Gasteiger partial charge in [-0.25, -0.2) is 9.78 Å². The maximum absolute atomic E-state index is 13.3. The lowest BCUT2D eigenvalue weighted by molar-refractivity contribution is -0.121. The Balaban J connectivity index is 1.30. The van der Waals surface area contributed by atoms with E-state index in [1.54, 1.807) is 23.2 Å². The molecule has 3 amide bonds. The van der Waals surface area contributed by atoms with Crippen molar-refractivity contribution >= 4 is 23.7 Å². The molecule has 2 fully saturated rings. The summed E-state index contributed by atoms with van der Waals surface area (Å²) >= 11 is 0. The van der Waals surface area contributed by atoms with Gasteiger partial charge in [0.1, 0.15) is 17.1 Å². The van der Waals surface area contributed by atoms with Gasteiger partial charge in [0, 0.05) is 50.5 Å². The molecule has 2 aromatic heterocycles. The molecule has 4 heterocycles. The molecule has 2 saturated heterocycles. The third kappa shape index (κ3) is 6.21. The summed E-state index contributed by atoms with van der Waals surface area (Å²) in [5, 5.41) is 2.86. The monoisotopic (exact) mass is 481 g/mol. The van der Waals surface area contributed by atoms with Crippen LogP contribution in [0.15, 0.2) is 42.7 Å². The Hall–Kier alpha value is -3.36. The van der Waals surface area contributed by atoms with Crippen molar-refractivity contribution in [2.75, 3.05) is 31.5 Å². The summed E-state index contributed by atoms with van der Waals surface area (Å²) in [5.74, 6) is 0.362. The maximum Gasteiger partial charge on any atom is 0.410 e. The molecule has 2 aliphatic rings. The molecule has 9 heteroatoms. The smallest absolute Gasteiger partial charge is 0.410 e. The van der Waals surface area contributed by atoms with E-state index < -0.39 is 5.60 Å². The van der Waals surface area contributed by atoms with Crippen molar-refractivity contribution in [3.8, 4) is 0 Å². The van der Waals surface area contributed by atoms with Crippen molar-refractivity contribution in [2.24, 2.45) is 5.92 Å². The summed E-state index contributed by atoms with van der Waals surface area (Å²) in [7, 11) is 0. The molecule has 0 unspecified atom stereocenters. The number of amides is 3. The van der Waals surface area contributed by atoms with Gasteiger partial charge in [-0.15, -0.1) is 0 Å². The van der Waals surface area contributed by atoms with Crippen molar-refractivity contribution < 1.29 is 19.1 Å². The van der Waals surface area contributed by atoms with Crippen LogP contribution in [0.5, 0.6) is 0 Å². The second-order valence-corrected chi connectivity index (χ2v) is 10.3. The van der Waals surface area contributed by atoms with Crippen molar-refractivity contribution in [1.82, 2.24) is 19.4 Å². The Kier molecular flexibility index (Phi) is 7.42. The number of rotatable bonds is 4. The number of hydrogen-bond acceptors (Lipinski definition) is 5. The third-order valence-corrected chi connectivity index (χ3v) is 6.58. The molecular weight excluding hydrogens is 446 g/mol. The van der Waals surface area contributed by atoms with Crippen LogP contribution in [0.4, 0.5) is 10.6 Å². The summed E-state index contributed by atoms with van der Waals surface area (Å²) < 4.78 is 7.54. The van der Waals surface area contributed by atoms with Gasteiger partial charge in [-0.2, -0.15) is 0 Å².